The third-order valence-corrected chi connectivity index (χ3v) is 7.42. The molecule has 0 heterocycles. The lowest BCUT2D eigenvalue weighted by Gasteiger charge is -2.06. The van der Waals surface area contributed by atoms with Crippen molar-refractivity contribution in [2.45, 2.75) is 194 Å². The molecule has 0 N–H and O–H groups in total. The minimum Gasteiger partial charge on any atom is -0.466 e. The lowest BCUT2D eigenvalue weighted by atomic mass is 10.0. The summed E-state index contributed by atoms with van der Waals surface area (Å²) >= 11 is 0. The molecule has 0 aliphatic heterocycles. The van der Waals surface area contributed by atoms with E-state index in [1.165, 1.54) is 154 Å². The van der Waals surface area contributed by atoms with Crippen LogP contribution in [0.3, 0.4) is 0 Å². The summed E-state index contributed by atoms with van der Waals surface area (Å²) in [6.07, 6.45) is 35.9. The highest BCUT2D eigenvalue weighted by Crippen LogP contribution is 2.15. The second kappa shape index (κ2) is 29.7. The van der Waals surface area contributed by atoms with Crippen LogP contribution in [0, 0.1) is 5.92 Å². The van der Waals surface area contributed by atoms with Gasteiger partial charge in [0.2, 0.25) is 0 Å². The van der Waals surface area contributed by atoms with Gasteiger partial charge in [-0.25, -0.2) is 0 Å². The van der Waals surface area contributed by atoms with Gasteiger partial charge in [-0.1, -0.05) is 175 Å². The first-order valence-corrected chi connectivity index (χ1v) is 16.3. The molecule has 0 bridgehead atoms. The van der Waals surface area contributed by atoms with Crippen LogP contribution in [-0.4, -0.2) is 12.6 Å². The third kappa shape index (κ3) is 31.4. The highest BCUT2D eigenvalue weighted by Gasteiger charge is 2.03. The maximum Gasteiger partial charge on any atom is 0.305 e. The summed E-state index contributed by atoms with van der Waals surface area (Å²) in [5, 5.41) is 0. The van der Waals surface area contributed by atoms with Gasteiger partial charge in [0.15, 0.2) is 0 Å². The monoisotopic (exact) mass is 495 g/mol. The highest BCUT2D eigenvalue weighted by molar-refractivity contribution is 5.69. The van der Waals surface area contributed by atoms with Crippen molar-refractivity contribution in [3.8, 4) is 0 Å². The smallest absolute Gasteiger partial charge is 0.305 e. The van der Waals surface area contributed by atoms with Crippen molar-refractivity contribution in [1.29, 1.82) is 0 Å². The summed E-state index contributed by atoms with van der Waals surface area (Å²) in [4.78, 5) is 11.8. The van der Waals surface area contributed by atoms with Crippen molar-refractivity contribution in [2.75, 3.05) is 6.61 Å². The van der Waals surface area contributed by atoms with E-state index in [0.29, 0.717) is 13.0 Å². The first-order valence-electron chi connectivity index (χ1n) is 16.3. The van der Waals surface area contributed by atoms with Crippen molar-refractivity contribution < 1.29 is 9.53 Å². The van der Waals surface area contributed by atoms with Crippen LogP contribution in [-0.2, 0) is 9.53 Å². The summed E-state index contributed by atoms with van der Waals surface area (Å²) in [5.41, 5.74) is 0. The van der Waals surface area contributed by atoms with Crippen LogP contribution in [0.4, 0.5) is 0 Å². The van der Waals surface area contributed by atoms with E-state index in [1.54, 1.807) is 0 Å². The Labute approximate surface area is 222 Å². The predicted molar refractivity (Wildman–Crippen MR) is 156 cm³/mol. The summed E-state index contributed by atoms with van der Waals surface area (Å²) in [6, 6.07) is 0. The van der Waals surface area contributed by atoms with Gasteiger partial charge in [0.05, 0.1) is 6.61 Å². The minimum absolute atomic E-state index is 0.0221. The van der Waals surface area contributed by atoms with E-state index >= 15 is 0 Å². The van der Waals surface area contributed by atoms with Crippen molar-refractivity contribution in [2.24, 2.45) is 5.92 Å². The summed E-state index contributed by atoms with van der Waals surface area (Å²) < 4.78 is 5.40. The average Bonchev–Trinajstić information content (AvgIpc) is 2.84. The molecule has 0 rings (SSSR count). The van der Waals surface area contributed by atoms with Crippen LogP contribution >= 0.6 is 0 Å². The van der Waals surface area contributed by atoms with Crippen molar-refractivity contribution in [1.82, 2.24) is 0 Å². The van der Waals surface area contributed by atoms with E-state index in [2.05, 4.69) is 20.8 Å². The van der Waals surface area contributed by atoms with Gasteiger partial charge < -0.3 is 4.74 Å². The molecular weight excluding hydrogens is 428 g/mol. The Kier molecular flexibility index (Phi) is 29.2. The Morgan fingerprint density at radius 2 is 0.829 bits per heavy atom. The van der Waals surface area contributed by atoms with Crippen molar-refractivity contribution in [3.63, 3.8) is 0 Å². The molecule has 2 nitrogen and oxygen atoms in total. The maximum atomic E-state index is 11.8. The first-order chi connectivity index (χ1) is 17.2. The number of esters is 1. The Morgan fingerprint density at radius 1 is 0.486 bits per heavy atom. The summed E-state index contributed by atoms with van der Waals surface area (Å²) in [7, 11) is 0. The molecule has 0 aromatic heterocycles. The molecule has 0 aliphatic rings. The van der Waals surface area contributed by atoms with E-state index in [9.17, 15) is 4.79 Å². The van der Waals surface area contributed by atoms with Crippen LogP contribution in [0.15, 0.2) is 0 Å². The van der Waals surface area contributed by atoms with Gasteiger partial charge in [-0.15, -0.1) is 0 Å². The van der Waals surface area contributed by atoms with E-state index in [4.69, 9.17) is 4.74 Å². The number of hydrogen-bond acceptors (Lipinski definition) is 2. The molecule has 0 saturated heterocycles. The Morgan fingerprint density at radius 3 is 1.23 bits per heavy atom. The molecule has 0 fully saturated rings. The van der Waals surface area contributed by atoms with Crippen LogP contribution in [0.2, 0.25) is 0 Å². The molecule has 0 radical (unpaired) electrons. The molecule has 0 saturated carbocycles. The number of hydrogen-bond donors (Lipinski definition) is 0. The van der Waals surface area contributed by atoms with Crippen LogP contribution in [0.25, 0.3) is 0 Å². The predicted octanol–water partition coefficient (Wildman–Crippen LogP) is 11.7. The zero-order valence-corrected chi connectivity index (χ0v) is 24.7. The topological polar surface area (TPSA) is 26.3 Å². The van der Waals surface area contributed by atoms with Gasteiger partial charge in [-0.3, -0.25) is 4.79 Å². The number of carbonyl (C=O) groups excluding carboxylic acids is 1. The highest BCUT2D eigenvalue weighted by atomic mass is 16.5. The molecule has 0 unspecified atom stereocenters. The molecule has 0 spiro atoms. The standard InChI is InChI=1S/C33H66O2/c1-4-5-6-7-8-9-10-11-12-13-14-15-16-17-18-19-20-24-27-30-33(34)35-31-28-25-22-21-23-26-29-32(2)3/h32H,4-31H2,1-3H3. The number of ether oxygens (including phenoxy) is 1. The first kappa shape index (κ1) is 34.5. The van der Waals surface area contributed by atoms with Crippen molar-refractivity contribution in [3.05, 3.63) is 0 Å². The van der Waals surface area contributed by atoms with E-state index < -0.39 is 0 Å². The second-order valence-electron chi connectivity index (χ2n) is 11.6. The van der Waals surface area contributed by atoms with E-state index in [-0.39, 0.29) is 5.97 Å². The second-order valence-corrected chi connectivity index (χ2v) is 11.6. The van der Waals surface area contributed by atoms with Crippen LogP contribution < -0.4 is 0 Å². The average molecular weight is 495 g/mol. The molecule has 0 atom stereocenters. The van der Waals surface area contributed by atoms with Gasteiger partial charge in [-0.2, -0.15) is 0 Å². The number of unbranched alkanes of at least 4 members (excludes halogenated alkanes) is 23. The molecule has 0 aliphatic carbocycles. The zero-order chi connectivity index (χ0) is 25.7. The Balaban J connectivity index is 3.13. The van der Waals surface area contributed by atoms with Gasteiger partial charge >= 0.3 is 5.97 Å². The van der Waals surface area contributed by atoms with Crippen LogP contribution in [0.5, 0.6) is 0 Å². The maximum absolute atomic E-state index is 11.8. The Hall–Kier alpha value is -0.530. The summed E-state index contributed by atoms with van der Waals surface area (Å²) in [6.45, 7) is 7.53. The normalized spacial score (nSPS) is 11.4. The molecule has 2 heteroatoms. The molecule has 210 valence electrons. The Bertz CT molecular complexity index is 404. The van der Waals surface area contributed by atoms with Crippen LogP contribution in [0.1, 0.15) is 194 Å². The molecular formula is C33H66O2. The zero-order valence-electron chi connectivity index (χ0n) is 24.7. The largest absolute Gasteiger partial charge is 0.466 e. The SMILES string of the molecule is CCCCCCCCCCCCCCCCCCCCCC(=O)OCCCCCCCCC(C)C. The molecule has 0 amide bonds. The fourth-order valence-corrected chi connectivity index (χ4v) is 4.97. The minimum atomic E-state index is 0.0221. The third-order valence-electron chi connectivity index (χ3n) is 7.42. The van der Waals surface area contributed by atoms with Gasteiger partial charge in [0.25, 0.3) is 0 Å². The fourth-order valence-electron chi connectivity index (χ4n) is 4.97. The molecule has 0 aromatic rings. The number of rotatable bonds is 29. The van der Waals surface area contributed by atoms with E-state index in [1.807, 2.05) is 0 Å². The molecule has 0 aromatic carbocycles. The fraction of sp³-hybridized carbons (Fsp3) is 0.970. The molecule has 35 heavy (non-hydrogen) atoms. The quantitative estimate of drug-likeness (QED) is 0.0763. The summed E-state index contributed by atoms with van der Waals surface area (Å²) in [5.74, 6) is 0.859. The van der Waals surface area contributed by atoms with Gasteiger partial charge in [0, 0.05) is 6.42 Å². The van der Waals surface area contributed by atoms with Gasteiger partial charge in [-0.05, 0) is 18.8 Å². The van der Waals surface area contributed by atoms with Gasteiger partial charge in [0.1, 0.15) is 0 Å². The lowest BCUT2D eigenvalue weighted by molar-refractivity contribution is -0.143. The lowest BCUT2D eigenvalue weighted by Crippen LogP contribution is -2.05. The van der Waals surface area contributed by atoms with Crippen molar-refractivity contribution >= 4 is 5.97 Å². The number of carbonyl (C=O) groups is 1. The van der Waals surface area contributed by atoms with E-state index in [0.717, 1.165) is 18.8 Å².